The first-order valence-electron chi connectivity index (χ1n) is 4.72. The van der Waals surface area contributed by atoms with Crippen LogP contribution in [-0.2, 0) is 4.79 Å². The number of rotatable bonds is 3. The average molecular weight is 255 g/mol. The summed E-state index contributed by atoms with van der Waals surface area (Å²) in [4.78, 5) is 23.1. The number of nitrogens with two attached hydrogens (primary N) is 1. The molecular weight excluding hydrogens is 243 g/mol. The predicted octanol–water partition coefficient (Wildman–Crippen LogP) is -0.821. The molecule has 1 saturated heterocycles. The van der Waals surface area contributed by atoms with E-state index in [1.807, 2.05) is 0 Å². The SMILES string of the molecule is CC1(C(F)(F)F)NC(=O)N(C[C@H](O)CN)C1=O. The van der Waals surface area contributed by atoms with Crippen LogP contribution in [0.25, 0.3) is 0 Å². The number of nitrogens with zero attached hydrogens (tertiary/aromatic N) is 1. The Morgan fingerprint density at radius 3 is 2.41 bits per heavy atom. The van der Waals surface area contributed by atoms with Crippen molar-refractivity contribution < 1.29 is 27.9 Å². The Balaban J connectivity index is 2.93. The van der Waals surface area contributed by atoms with E-state index >= 15 is 0 Å². The molecule has 1 aliphatic rings. The maximum atomic E-state index is 12.6. The lowest BCUT2D eigenvalue weighted by Gasteiger charge is -2.24. The summed E-state index contributed by atoms with van der Waals surface area (Å²) in [6, 6.07) is -1.19. The summed E-state index contributed by atoms with van der Waals surface area (Å²) in [5.74, 6) is -1.44. The summed E-state index contributed by atoms with van der Waals surface area (Å²) in [5.41, 5.74) is 2.11. The van der Waals surface area contributed by atoms with E-state index in [0.29, 0.717) is 11.8 Å². The van der Waals surface area contributed by atoms with Gasteiger partial charge in [-0.1, -0.05) is 0 Å². The molecule has 1 unspecified atom stereocenters. The van der Waals surface area contributed by atoms with Crippen molar-refractivity contribution >= 4 is 11.9 Å². The van der Waals surface area contributed by atoms with Gasteiger partial charge in [0.25, 0.3) is 5.91 Å². The van der Waals surface area contributed by atoms with Gasteiger partial charge in [0.2, 0.25) is 5.54 Å². The maximum Gasteiger partial charge on any atom is 0.420 e. The number of aliphatic hydroxyl groups excluding tert-OH is 1. The van der Waals surface area contributed by atoms with Crippen LogP contribution in [0.1, 0.15) is 6.92 Å². The fraction of sp³-hybridized carbons (Fsp3) is 0.750. The maximum absolute atomic E-state index is 12.6. The van der Waals surface area contributed by atoms with Crippen molar-refractivity contribution in [2.24, 2.45) is 5.73 Å². The Morgan fingerprint density at radius 1 is 1.53 bits per heavy atom. The lowest BCUT2D eigenvalue weighted by molar-refractivity contribution is -0.191. The van der Waals surface area contributed by atoms with Gasteiger partial charge in [0.1, 0.15) is 0 Å². The van der Waals surface area contributed by atoms with Crippen molar-refractivity contribution in [3.8, 4) is 0 Å². The topological polar surface area (TPSA) is 95.7 Å². The smallest absolute Gasteiger partial charge is 0.390 e. The molecule has 0 aliphatic carbocycles. The van der Waals surface area contributed by atoms with Crippen LogP contribution >= 0.6 is 0 Å². The van der Waals surface area contributed by atoms with Crippen molar-refractivity contribution in [3.63, 3.8) is 0 Å². The monoisotopic (exact) mass is 255 g/mol. The van der Waals surface area contributed by atoms with Crippen molar-refractivity contribution in [1.29, 1.82) is 0 Å². The molecule has 17 heavy (non-hydrogen) atoms. The van der Waals surface area contributed by atoms with Gasteiger partial charge in [0.05, 0.1) is 12.6 Å². The minimum Gasteiger partial charge on any atom is -0.390 e. The highest BCUT2D eigenvalue weighted by Crippen LogP contribution is 2.35. The quantitative estimate of drug-likeness (QED) is 0.574. The molecule has 4 N–H and O–H groups in total. The van der Waals surface area contributed by atoms with Crippen LogP contribution < -0.4 is 11.1 Å². The first-order chi connectivity index (χ1) is 7.63. The highest BCUT2D eigenvalue weighted by atomic mass is 19.4. The number of aliphatic hydroxyl groups is 1. The van der Waals surface area contributed by atoms with Gasteiger partial charge in [-0.15, -0.1) is 0 Å². The number of carbonyl (C=O) groups is 2. The highest BCUT2D eigenvalue weighted by Gasteiger charge is 2.64. The van der Waals surface area contributed by atoms with E-state index in [0.717, 1.165) is 0 Å². The van der Waals surface area contributed by atoms with Crippen LogP contribution in [0, 0.1) is 0 Å². The molecule has 0 saturated carbocycles. The Labute approximate surface area is 94.6 Å². The summed E-state index contributed by atoms with van der Waals surface area (Å²) in [5, 5.41) is 10.7. The molecule has 1 fully saturated rings. The molecule has 0 bridgehead atoms. The number of halogens is 3. The summed E-state index contributed by atoms with van der Waals surface area (Å²) < 4.78 is 37.8. The second kappa shape index (κ2) is 4.15. The van der Waals surface area contributed by atoms with Crippen LogP contribution in [0.2, 0.25) is 0 Å². The summed E-state index contributed by atoms with van der Waals surface area (Å²) in [6.07, 6.45) is -6.15. The number of β-amino-alcohol motifs (C(OH)–C–C–N with tert-alkyl or cyclic N) is 1. The van der Waals surface area contributed by atoms with E-state index in [1.54, 1.807) is 5.32 Å². The molecule has 0 aromatic rings. The Kier molecular flexibility index (Phi) is 3.35. The molecule has 0 spiro atoms. The molecule has 98 valence electrons. The first-order valence-corrected chi connectivity index (χ1v) is 4.72. The van der Waals surface area contributed by atoms with Gasteiger partial charge in [-0.3, -0.25) is 9.69 Å². The second-order valence-electron chi connectivity index (χ2n) is 3.86. The molecule has 0 aromatic heterocycles. The zero-order valence-electron chi connectivity index (χ0n) is 8.91. The number of carbonyl (C=O) groups excluding carboxylic acids is 2. The van der Waals surface area contributed by atoms with Crippen LogP contribution in [-0.4, -0.2) is 52.9 Å². The zero-order chi connectivity index (χ0) is 13.4. The molecule has 1 heterocycles. The van der Waals surface area contributed by atoms with Crippen molar-refractivity contribution in [2.45, 2.75) is 24.7 Å². The summed E-state index contributed by atoms with van der Waals surface area (Å²) in [7, 11) is 0. The van der Waals surface area contributed by atoms with Gasteiger partial charge in [0, 0.05) is 6.54 Å². The minimum absolute atomic E-state index is 0.264. The molecule has 1 rings (SSSR count). The number of urea groups is 1. The van der Waals surface area contributed by atoms with E-state index in [2.05, 4.69) is 0 Å². The summed E-state index contributed by atoms with van der Waals surface area (Å²) in [6.45, 7) is -0.255. The van der Waals surface area contributed by atoms with E-state index in [1.165, 1.54) is 0 Å². The van der Waals surface area contributed by atoms with Crippen LogP contribution in [0.3, 0.4) is 0 Å². The summed E-state index contributed by atoms with van der Waals surface area (Å²) >= 11 is 0. The lowest BCUT2D eigenvalue weighted by atomic mass is 10.0. The Morgan fingerprint density at radius 2 is 2.06 bits per heavy atom. The largest absolute Gasteiger partial charge is 0.420 e. The Hall–Kier alpha value is -1.35. The van der Waals surface area contributed by atoms with Gasteiger partial charge < -0.3 is 16.2 Å². The predicted molar refractivity (Wildman–Crippen MR) is 49.8 cm³/mol. The normalized spacial score (nSPS) is 27.3. The Bertz CT molecular complexity index is 347. The van der Waals surface area contributed by atoms with Crippen molar-refractivity contribution in [2.75, 3.05) is 13.1 Å². The molecule has 0 aromatic carbocycles. The number of nitrogens with one attached hydrogen (secondary N) is 1. The number of hydrogen-bond acceptors (Lipinski definition) is 4. The van der Waals surface area contributed by atoms with Gasteiger partial charge >= 0.3 is 12.2 Å². The van der Waals surface area contributed by atoms with E-state index in [4.69, 9.17) is 10.8 Å². The zero-order valence-corrected chi connectivity index (χ0v) is 8.91. The highest BCUT2D eigenvalue weighted by molar-refractivity contribution is 6.07. The first kappa shape index (κ1) is 13.7. The van der Waals surface area contributed by atoms with E-state index < -0.39 is 36.3 Å². The number of alkyl halides is 3. The molecular formula is C8H12F3N3O3. The number of imide groups is 1. The van der Waals surface area contributed by atoms with Crippen molar-refractivity contribution in [3.05, 3.63) is 0 Å². The molecule has 3 amide bonds. The second-order valence-corrected chi connectivity index (χ2v) is 3.86. The standard InChI is InChI=1S/C8H12F3N3O3/c1-7(8(9,10)11)5(16)14(6(17)13-7)3-4(15)2-12/h4,15H,2-3,12H2,1H3,(H,13,17)/t4-,7?/m1/s1. The van der Waals surface area contributed by atoms with Gasteiger partial charge in [0.15, 0.2) is 0 Å². The number of hydrogen-bond donors (Lipinski definition) is 3. The van der Waals surface area contributed by atoms with Gasteiger partial charge in [-0.2, -0.15) is 13.2 Å². The third kappa shape index (κ3) is 2.20. The third-order valence-corrected chi connectivity index (χ3v) is 2.51. The third-order valence-electron chi connectivity index (χ3n) is 2.51. The minimum atomic E-state index is -4.90. The molecule has 6 nitrogen and oxygen atoms in total. The van der Waals surface area contributed by atoms with Gasteiger partial charge in [-0.05, 0) is 6.92 Å². The number of amides is 3. The van der Waals surface area contributed by atoms with E-state index in [-0.39, 0.29) is 6.54 Å². The van der Waals surface area contributed by atoms with Crippen LogP contribution in [0.15, 0.2) is 0 Å². The fourth-order valence-corrected chi connectivity index (χ4v) is 1.34. The fourth-order valence-electron chi connectivity index (χ4n) is 1.34. The molecule has 9 heteroatoms. The van der Waals surface area contributed by atoms with Crippen LogP contribution in [0.4, 0.5) is 18.0 Å². The molecule has 1 aliphatic heterocycles. The molecule has 2 atom stereocenters. The van der Waals surface area contributed by atoms with Gasteiger partial charge in [-0.25, -0.2) is 4.79 Å². The lowest BCUT2D eigenvalue weighted by Crippen LogP contribution is -2.56. The average Bonchev–Trinajstić information content (AvgIpc) is 2.42. The van der Waals surface area contributed by atoms with E-state index in [9.17, 15) is 22.8 Å². The van der Waals surface area contributed by atoms with Crippen molar-refractivity contribution in [1.82, 2.24) is 10.2 Å². The van der Waals surface area contributed by atoms with Crippen LogP contribution in [0.5, 0.6) is 0 Å². The molecule has 0 radical (unpaired) electrons.